The van der Waals surface area contributed by atoms with Crippen molar-refractivity contribution in [3.05, 3.63) is 11.1 Å². The van der Waals surface area contributed by atoms with Crippen LogP contribution in [0.3, 0.4) is 0 Å². The predicted octanol–water partition coefficient (Wildman–Crippen LogP) is 2.15. The van der Waals surface area contributed by atoms with Crippen LogP contribution in [0.15, 0.2) is 5.38 Å². The standard InChI is InChI=1S/C11H16N2O2S/c1-2-8-7-16-11(12-8)13-5-3-4-9(13)6-10(14)15/h7,9H,2-6H2,1H3,(H,14,15). The van der Waals surface area contributed by atoms with Gasteiger partial charge in [0.05, 0.1) is 12.1 Å². The molecule has 0 amide bonds. The summed E-state index contributed by atoms with van der Waals surface area (Å²) in [6.07, 6.45) is 3.20. The number of nitrogens with zero attached hydrogens (tertiary/aromatic N) is 2. The molecule has 2 heterocycles. The first-order valence-corrected chi connectivity index (χ1v) is 6.51. The van der Waals surface area contributed by atoms with Crippen LogP contribution in [0, 0.1) is 0 Å². The van der Waals surface area contributed by atoms with E-state index in [-0.39, 0.29) is 12.5 Å². The monoisotopic (exact) mass is 240 g/mol. The van der Waals surface area contributed by atoms with Crippen molar-refractivity contribution in [3.8, 4) is 0 Å². The Bertz CT molecular complexity index is 378. The average Bonchev–Trinajstić information content (AvgIpc) is 2.84. The Labute approximate surface area is 98.9 Å². The molecule has 1 atom stereocenters. The van der Waals surface area contributed by atoms with Gasteiger partial charge in [0, 0.05) is 18.0 Å². The van der Waals surface area contributed by atoms with Crippen molar-refractivity contribution >= 4 is 22.4 Å². The first-order chi connectivity index (χ1) is 7.70. The molecule has 88 valence electrons. The highest BCUT2D eigenvalue weighted by Crippen LogP contribution is 2.30. The lowest BCUT2D eigenvalue weighted by Crippen LogP contribution is -2.31. The minimum Gasteiger partial charge on any atom is -0.481 e. The van der Waals surface area contributed by atoms with Crippen LogP contribution in [-0.4, -0.2) is 28.6 Å². The Morgan fingerprint density at radius 3 is 3.19 bits per heavy atom. The zero-order valence-corrected chi connectivity index (χ0v) is 10.2. The smallest absolute Gasteiger partial charge is 0.305 e. The van der Waals surface area contributed by atoms with Crippen molar-refractivity contribution in [1.82, 2.24) is 4.98 Å². The van der Waals surface area contributed by atoms with Crippen molar-refractivity contribution in [1.29, 1.82) is 0 Å². The van der Waals surface area contributed by atoms with E-state index in [1.54, 1.807) is 11.3 Å². The maximum atomic E-state index is 10.7. The summed E-state index contributed by atoms with van der Waals surface area (Å²) in [4.78, 5) is 17.4. The molecule has 5 heteroatoms. The highest BCUT2D eigenvalue weighted by molar-refractivity contribution is 7.13. The van der Waals surface area contributed by atoms with Crippen LogP contribution in [-0.2, 0) is 11.2 Å². The van der Waals surface area contributed by atoms with Gasteiger partial charge in [-0.05, 0) is 19.3 Å². The SMILES string of the molecule is CCc1csc(N2CCCC2CC(=O)O)n1. The number of carbonyl (C=O) groups is 1. The summed E-state index contributed by atoms with van der Waals surface area (Å²) in [7, 11) is 0. The maximum Gasteiger partial charge on any atom is 0.305 e. The Morgan fingerprint density at radius 2 is 2.56 bits per heavy atom. The zero-order chi connectivity index (χ0) is 11.5. The van der Waals surface area contributed by atoms with E-state index in [1.165, 1.54) is 0 Å². The summed E-state index contributed by atoms with van der Waals surface area (Å²) in [5, 5.41) is 11.9. The first kappa shape index (κ1) is 11.4. The van der Waals surface area contributed by atoms with Crippen molar-refractivity contribution in [2.24, 2.45) is 0 Å². The number of aryl methyl sites for hydroxylation is 1. The van der Waals surface area contributed by atoms with E-state index in [0.29, 0.717) is 0 Å². The zero-order valence-electron chi connectivity index (χ0n) is 9.35. The lowest BCUT2D eigenvalue weighted by atomic mass is 10.1. The third kappa shape index (κ3) is 2.35. The Hall–Kier alpha value is -1.10. The quantitative estimate of drug-likeness (QED) is 0.876. The molecule has 2 rings (SSSR count). The molecule has 1 unspecified atom stereocenters. The fourth-order valence-electron chi connectivity index (χ4n) is 2.09. The number of aromatic nitrogens is 1. The maximum absolute atomic E-state index is 10.7. The van der Waals surface area contributed by atoms with E-state index in [9.17, 15) is 4.79 Å². The number of hydrogen-bond donors (Lipinski definition) is 1. The number of hydrogen-bond acceptors (Lipinski definition) is 4. The highest BCUT2D eigenvalue weighted by atomic mass is 32.1. The lowest BCUT2D eigenvalue weighted by molar-refractivity contribution is -0.137. The minimum absolute atomic E-state index is 0.133. The molecule has 1 aromatic heterocycles. The summed E-state index contributed by atoms with van der Waals surface area (Å²) in [5.41, 5.74) is 1.10. The first-order valence-electron chi connectivity index (χ1n) is 5.63. The van der Waals surface area contributed by atoms with E-state index in [0.717, 1.165) is 36.6 Å². The Morgan fingerprint density at radius 1 is 1.75 bits per heavy atom. The fraction of sp³-hybridized carbons (Fsp3) is 0.636. The molecule has 0 saturated carbocycles. The summed E-state index contributed by atoms with van der Waals surface area (Å²) < 4.78 is 0. The largest absolute Gasteiger partial charge is 0.481 e. The van der Waals surface area contributed by atoms with E-state index in [4.69, 9.17) is 5.11 Å². The topological polar surface area (TPSA) is 53.4 Å². The average molecular weight is 240 g/mol. The molecule has 1 aliphatic rings. The second-order valence-corrected chi connectivity index (χ2v) is 4.90. The number of carboxylic acids is 1. The molecule has 1 aromatic rings. The molecule has 1 fully saturated rings. The van der Waals surface area contributed by atoms with Crippen LogP contribution in [0.5, 0.6) is 0 Å². The normalized spacial score (nSPS) is 20.3. The van der Waals surface area contributed by atoms with Gasteiger partial charge in [-0.25, -0.2) is 4.98 Å². The van der Waals surface area contributed by atoms with Gasteiger partial charge in [-0.1, -0.05) is 6.92 Å². The predicted molar refractivity (Wildman–Crippen MR) is 64.1 cm³/mol. The molecular weight excluding hydrogens is 224 g/mol. The summed E-state index contributed by atoms with van der Waals surface area (Å²) in [5.74, 6) is -0.718. The Kier molecular flexibility index (Phi) is 3.43. The molecule has 0 bridgehead atoms. The van der Waals surface area contributed by atoms with Gasteiger partial charge in [-0.2, -0.15) is 0 Å². The van der Waals surface area contributed by atoms with E-state index >= 15 is 0 Å². The van der Waals surface area contributed by atoms with Gasteiger partial charge in [0.2, 0.25) is 0 Å². The third-order valence-electron chi connectivity index (χ3n) is 2.93. The van der Waals surface area contributed by atoms with Gasteiger partial charge < -0.3 is 10.0 Å². The van der Waals surface area contributed by atoms with Gasteiger partial charge in [0.1, 0.15) is 0 Å². The second kappa shape index (κ2) is 4.82. The van der Waals surface area contributed by atoms with Crippen LogP contribution >= 0.6 is 11.3 Å². The summed E-state index contributed by atoms with van der Waals surface area (Å²) in [6, 6.07) is 0.133. The van der Waals surface area contributed by atoms with Crippen LogP contribution in [0.2, 0.25) is 0 Å². The molecule has 0 radical (unpaired) electrons. The molecule has 16 heavy (non-hydrogen) atoms. The number of rotatable bonds is 4. The number of thiazole rings is 1. The van der Waals surface area contributed by atoms with E-state index in [1.807, 2.05) is 0 Å². The molecule has 4 nitrogen and oxygen atoms in total. The van der Waals surface area contributed by atoms with Gasteiger partial charge in [0.15, 0.2) is 5.13 Å². The lowest BCUT2D eigenvalue weighted by Gasteiger charge is -2.22. The molecule has 0 spiro atoms. The van der Waals surface area contributed by atoms with Gasteiger partial charge in [-0.15, -0.1) is 11.3 Å². The summed E-state index contributed by atoms with van der Waals surface area (Å²) >= 11 is 1.62. The summed E-state index contributed by atoms with van der Waals surface area (Å²) in [6.45, 7) is 3.02. The number of anilines is 1. The van der Waals surface area contributed by atoms with Gasteiger partial charge >= 0.3 is 5.97 Å². The number of aliphatic carboxylic acids is 1. The Balaban J connectivity index is 2.09. The van der Waals surface area contributed by atoms with Crippen LogP contribution in [0.4, 0.5) is 5.13 Å². The second-order valence-electron chi connectivity index (χ2n) is 4.06. The minimum atomic E-state index is -0.718. The van der Waals surface area contributed by atoms with E-state index < -0.39 is 5.97 Å². The van der Waals surface area contributed by atoms with E-state index in [2.05, 4.69) is 22.2 Å². The van der Waals surface area contributed by atoms with Crippen molar-refractivity contribution in [3.63, 3.8) is 0 Å². The fourth-order valence-corrected chi connectivity index (χ4v) is 3.10. The molecule has 1 saturated heterocycles. The van der Waals surface area contributed by atoms with Crippen LogP contribution in [0.1, 0.15) is 31.9 Å². The highest BCUT2D eigenvalue weighted by Gasteiger charge is 2.28. The van der Waals surface area contributed by atoms with Crippen molar-refractivity contribution in [2.75, 3.05) is 11.4 Å². The molecule has 1 aliphatic heterocycles. The van der Waals surface area contributed by atoms with Gasteiger partial charge in [0.25, 0.3) is 0 Å². The van der Waals surface area contributed by atoms with Crippen molar-refractivity contribution < 1.29 is 9.90 Å². The molecule has 0 aromatic carbocycles. The third-order valence-corrected chi connectivity index (χ3v) is 3.86. The number of carboxylic acid groups (broad SMARTS) is 1. The molecular formula is C11H16N2O2S. The molecule has 0 aliphatic carbocycles. The molecule has 1 N–H and O–H groups in total. The van der Waals surface area contributed by atoms with Gasteiger partial charge in [-0.3, -0.25) is 4.79 Å². The van der Waals surface area contributed by atoms with Crippen LogP contribution < -0.4 is 4.90 Å². The van der Waals surface area contributed by atoms with Crippen molar-refractivity contribution in [2.45, 2.75) is 38.6 Å². The van der Waals surface area contributed by atoms with Crippen LogP contribution in [0.25, 0.3) is 0 Å².